The topological polar surface area (TPSA) is 66.4 Å². The van der Waals surface area contributed by atoms with E-state index >= 15 is 0 Å². The number of aromatic carboxylic acids is 1. The summed E-state index contributed by atoms with van der Waals surface area (Å²) >= 11 is 10.5. The van der Waals surface area contributed by atoms with E-state index in [9.17, 15) is 14.7 Å². The largest absolute Gasteiger partial charge is 0.478 e. The molecule has 23 heavy (non-hydrogen) atoms. The number of benzene rings is 2. The maximum atomic E-state index is 12.1. The number of hydrogen-bond acceptors (Lipinski definition) is 3. The van der Waals surface area contributed by atoms with Gasteiger partial charge in [0.1, 0.15) is 0 Å². The quantitative estimate of drug-likeness (QED) is 0.687. The Kier molecular flexibility index (Phi) is 6.10. The molecule has 0 unspecified atom stereocenters. The summed E-state index contributed by atoms with van der Waals surface area (Å²) in [5, 5.41) is 12.5. The van der Waals surface area contributed by atoms with Gasteiger partial charge in [0.05, 0.1) is 17.0 Å². The highest BCUT2D eigenvalue weighted by atomic mass is 79.9. The van der Waals surface area contributed by atoms with Crippen molar-refractivity contribution >= 4 is 56.9 Å². The van der Waals surface area contributed by atoms with Crippen LogP contribution >= 0.6 is 39.3 Å². The number of aryl methyl sites for hydroxylation is 1. The average molecular weight is 415 g/mol. The maximum absolute atomic E-state index is 12.1. The Balaban J connectivity index is 2.09. The van der Waals surface area contributed by atoms with Crippen molar-refractivity contribution in [3.63, 3.8) is 0 Å². The molecule has 0 bridgehead atoms. The molecule has 4 nitrogen and oxygen atoms in total. The SMILES string of the molecule is Cc1ccc(C(=O)O)c(NC(=O)CSc2ccc(Cl)cc2)c1Br. The molecule has 0 aromatic heterocycles. The number of amides is 1. The van der Waals surface area contributed by atoms with Crippen molar-refractivity contribution in [2.24, 2.45) is 0 Å². The molecular weight excluding hydrogens is 402 g/mol. The first-order valence-electron chi connectivity index (χ1n) is 6.59. The Hall–Kier alpha value is -1.50. The van der Waals surface area contributed by atoms with E-state index < -0.39 is 5.97 Å². The van der Waals surface area contributed by atoms with Gasteiger partial charge in [-0.15, -0.1) is 11.8 Å². The summed E-state index contributed by atoms with van der Waals surface area (Å²) < 4.78 is 0.572. The van der Waals surface area contributed by atoms with Gasteiger partial charge in [0.15, 0.2) is 0 Å². The molecule has 2 aromatic carbocycles. The number of nitrogens with one attached hydrogen (secondary N) is 1. The van der Waals surface area contributed by atoms with E-state index in [0.29, 0.717) is 9.50 Å². The van der Waals surface area contributed by atoms with Crippen LogP contribution in [0.3, 0.4) is 0 Å². The van der Waals surface area contributed by atoms with Crippen LogP contribution in [0.1, 0.15) is 15.9 Å². The third-order valence-electron chi connectivity index (χ3n) is 3.01. The standard InChI is InChI=1S/C16H13BrClNO3S/c1-9-2-7-12(16(21)22)15(14(9)17)19-13(20)8-23-11-5-3-10(18)4-6-11/h2-7H,8H2,1H3,(H,19,20)(H,21,22). The number of halogens is 2. The van der Waals surface area contributed by atoms with Crippen molar-refractivity contribution in [1.82, 2.24) is 0 Å². The van der Waals surface area contributed by atoms with Crippen LogP contribution in [-0.4, -0.2) is 22.7 Å². The molecule has 0 radical (unpaired) electrons. The molecule has 0 saturated heterocycles. The van der Waals surface area contributed by atoms with E-state index in [1.54, 1.807) is 18.2 Å². The zero-order valence-electron chi connectivity index (χ0n) is 12.1. The van der Waals surface area contributed by atoms with Crippen molar-refractivity contribution in [2.45, 2.75) is 11.8 Å². The second-order valence-corrected chi connectivity index (χ2v) is 6.99. The number of thioether (sulfide) groups is 1. The number of anilines is 1. The summed E-state index contributed by atoms with van der Waals surface area (Å²) in [7, 11) is 0. The van der Waals surface area contributed by atoms with Crippen LogP contribution in [0.15, 0.2) is 45.8 Å². The lowest BCUT2D eigenvalue weighted by Gasteiger charge is -2.12. The molecule has 0 spiro atoms. The van der Waals surface area contributed by atoms with Gasteiger partial charge >= 0.3 is 5.97 Å². The molecule has 1 amide bonds. The second kappa shape index (κ2) is 7.86. The molecule has 2 aromatic rings. The van der Waals surface area contributed by atoms with Gasteiger partial charge in [-0.1, -0.05) is 17.7 Å². The zero-order valence-corrected chi connectivity index (χ0v) is 15.3. The fourth-order valence-electron chi connectivity index (χ4n) is 1.84. The number of carbonyl (C=O) groups excluding carboxylic acids is 1. The van der Waals surface area contributed by atoms with E-state index in [2.05, 4.69) is 21.2 Å². The minimum absolute atomic E-state index is 0.0484. The van der Waals surface area contributed by atoms with E-state index in [0.717, 1.165) is 10.5 Å². The van der Waals surface area contributed by atoms with Gasteiger partial charge in [0, 0.05) is 14.4 Å². The summed E-state index contributed by atoms with van der Waals surface area (Å²) in [6.07, 6.45) is 0. The predicted octanol–water partition coefficient (Wildman–Crippen LogP) is 4.84. The molecule has 2 rings (SSSR count). The van der Waals surface area contributed by atoms with Crippen molar-refractivity contribution in [3.05, 3.63) is 57.0 Å². The summed E-state index contributed by atoms with van der Waals surface area (Å²) in [6.45, 7) is 1.83. The van der Waals surface area contributed by atoms with Gasteiger partial charge in [0.25, 0.3) is 0 Å². The van der Waals surface area contributed by atoms with Crippen LogP contribution in [0.4, 0.5) is 5.69 Å². The molecule has 0 saturated carbocycles. The lowest BCUT2D eigenvalue weighted by Crippen LogP contribution is -2.17. The monoisotopic (exact) mass is 413 g/mol. The fourth-order valence-corrected chi connectivity index (χ4v) is 3.11. The number of carboxylic acid groups (broad SMARTS) is 1. The van der Waals surface area contributed by atoms with Crippen LogP contribution in [0.25, 0.3) is 0 Å². The number of rotatable bonds is 5. The van der Waals surface area contributed by atoms with E-state index in [4.69, 9.17) is 11.6 Å². The Morgan fingerprint density at radius 1 is 1.22 bits per heavy atom. The molecule has 0 aliphatic carbocycles. The van der Waals surface area contributed by atoms with Gasteiger partial charge in [-0.05, 0) is 58.7 Å². The number of hydrogen-bond donors (Lipinski definition) is 2. The molecule has 2 N–H and O–H groups in total. The second-order valence-electron chi connectivity index (χ2n) is 4.71. The fraction of sp³-hybridized carbons (Fsp3) is 0.125. The van der Waals surface area contributed by atoms with Gasteiger partial charge in [0.2, 0.25) is 5.91 Å². The average Bonchev–Trinajstić information content (AvgIpc) is 2.51. The Bertz CT molecular complexity index is 750. The van der Waals surface area contributed by atoms with E-state index in [1.807, 2.05) is 19.1 Å². The molecule has 0 aliphatic heterocycles. The molecule has 0 heterocycles. The van der Waals surface area contributed by atoms with E-state index in [1.165, 1.54) is 17.8 Å². The third kappa shape index (κ3) is 4.73. The normalized spacial score (nSPS) is 10.4. The predicted molar refractivity (Wildman–Crippen MR) is 96.6 cm³/mol. The van der Waals surface area contributed by atoms with E-state index in [-0.39, 0.29) is 22.9 Å². The van der Waals surface area contributed by atoms with Gasteiger partial charge in [-0.25, -0.2) is 4.79 Å². The van der Waals surface area contributed by atoms with Gasteiger partial charge < -0.3 is 10.4 Å². The molecule has 0 aliphatic rings. The highest BCUT2D eigenvalue weighted by Crippen LogP contribution is 2.30. The van der Waals surface area contributed by atoms with Crippen molar-refractivity contribution in [2.75, 3.05) is 11.1 Å². The highest BCUT2D eigenvalue weighted by Gasteiger charge is 2.17. The van der Waals surface area contributed by atoms with Crippen molar-refractivity contribution < 1.29 is 14.7 Å². The zero-order chi connectivity index (χ0) is 17.0. The van der Waals surface area contributed by atoms with Crippen LogP contribution in [0, 0.1) is 6.92 Å². The van der Waals surface area contributed by atoms with Gasteiger partial charge in [-0.3, -0.25) is 4.79 Å². The minimum Gasteiger partial charge on any atom is -0.478 e. The van der Waals surface area contributed by atoms with Crippen LogP contribution in [0.2, 0.25) is 5.02 Å². The molecule has 0 fully saturated rings. The molecule has 7 heteroatoms. The first-order valence-corrected chi connectivity index (χ1v) is 8.74. The van der Waals surface area contributed by atoms with Crippen LogP contribution in [-0.2, 0) is 4.79 Å². The number of carboxylic acids is 1. The maximum Gasteiger partial charge on any atom is 0.337 e. The highest BCUT2D eigenvalue weighted by molar-refractivity contribution is 9.10. The third-order valence-corrected chi connectivity index (χ3v) is 5.30. The Labute approximate surface area is 151 Å². The molecule has 120 valence electrons. The first kappa shape index (κ1) is 17.8. The minimum atomic E-state index is -1.09. The summed E-state index contributed by atoms with van der Waals surface area (Å²) in [5.41, 5.74) is 1.17. The van der Waals surface area contributed by atoms with Crippen molar-refractivity contribution in [1.29, 1.82) is 0 Å². The van der Waals surface area contributed by atoms with Gasteiger partial charge in [-0.2, -0.15) is 0 Å². The molecular formula is C16H13BrClNO3S. The summed E-state index contributed by atoms with van der Waals surface area (Å²) in [4.78, 5) is 24.3. The van der Waals surface area contributed by atoms with Crippen LogP contribution < -0.4 is 5.32 Å². The smallest absolute Gasteiger partial charge is 0.337 e. The Morgan fingerprint density at radius 2 is 1.87 bits per heavy atom. The summed E-state index contributed by atoms with van der Waals surface area (Å²) in [6, 6.07) is 10.3. The van der Waals surface area contributed by atoms with Crippen molar-refractivity contribution in [3.8, 4) is 0 Å². The van der Waals surface area contributed by atoms with Crippen LogP contribution in [0.5, 0.6) is 0 Å². The Morgan fingerprint density at radius 3 is 2.48 bits per heavy atom. The molecule has 0 atom stereocenters. The number of carbonyl (C=O) groups is 2. The summed E-state index contributed by atoms with van der Waals surface area (Å²) in [5.74, 6) is -1.20. The lowest BCUT2D eigenvalue weighted by atomic mass is 10.1. The first-order chi connectivity index (χ1) is 10.9. The lowest BCUT2D eigenvalue weighted by molar-refractivity contribution is -0.113.